The number of hydrogen-bond donors (Lipinski definition) is 1. The summed E-state index contributed by atoms with van der Waals surface area (Å²) in [4.78, 5) is 29.2. The van der Waals surface area contributed by atoms with Gasteiger partial charge in [0.1, 0.15) is 0 Å². The van der Waals surface area contributed by atoms with E-state index in [0.29, 0.717) is 18.4 Å². The molecule has 1 saturated heterocycles. The van der Waals surface area contributed by atoms with Crippen LogP contribution in [0.15, 0.2) is 23.0 Å². The number of nitrogens with zero attached hydrogens (tertiary/aromatic N) is 1. The van der Waals surface area contributed by atoms with Gasteiger partial charge in [0.05, 0.1) is 11.5 Å². The molecule has 0 bridgehead atoms. The molecule has 1 fully saturated rings. The zero-order valence-electron chi connectivity index (χ0n) is 15.3. The Kier molecular flexibility index (Phi) is 4.92. The van der Waals surface area contributed by atoms with Gasteiger partial charge in [0.15, 0.2) is 9.84 Å². The topological polar surface area (TPSA) is 87.3 Å². The summed E-state index contributed by atoms with van der Waals surface area (Å²) < 4.78 is 23.2. The van der Waals surface area contributed by atoms with Crippen LogP contribution < -0.4 is 5.56 Å². The summed E-state index contributed by atoms with van der Waals surface area (Å²) >= 11 is 0. The van der Waals surface area contributed by atoms with Crippen LogP contribution in [0.2, 0.25) is 0 Å². The Balaban J connectivity index is 1.74. The maximum absolute atomic E-state index is 12.4. The second-order valence-electron chi connectivity index (χ2n) is 7.23. The lowest BCUT2D eigenvalue weighted by atomic mass is 10.0. The van der Waals surface area contributed by atoms with E-state index >= 15 is 0 Å². The van der Waals surface area contributed by atoms with Crippen LogP contribution in [0.25, 0.3) is 10.9 Å². The highest BCUT2D eigenvalue weighted by Gasteiger charge is 2.32. The van der Waals surface area contributed by atoms with Crippen molar-refractivity contribution in [2.24, 2.45) is 0 Å². The number of rotatable bonds is 4. The van der Waals surface area contributed by atoms with E-state index in [1.807, 2.05) is 26.0 Å². The van der Waals surface area contributed by atoms with Gasteiger partial charge in [-0.2, -0.15) is 0 Å². The van der Waals surface area contributed by atoms with Crippen molar-refractivity contribution in [3.05, 3.63) is 45.2 Å². The van der Waals surface area contributed by atoms with E-state index in [2.05, 4.69) is 11.1 Å². The van der Waals surface area contributed by atoms with Crippen molar-refractivity contribution in [2.45, 2.75) is 39.2 Å². The summed E-state index contributed by atoms with van der Waals surface area (Å²) in [6, 6.07) is 5.60. The number of nitrogens with one attached hydrogen (secondary N) is 1. The Labute approximate surface area is 153 Å². The lowest BCUT2D eigenvalue weighted by Gasteiger charge is -2.23. The second kappa shape index (κ2) is 6.87. The molecule has 1 aromatic carbocycles. The Morgan fingerprint density at radius 2 is 2.00 bits per heavy atom. The van der Waals surface area contributed by atoms with Gasteiger partial charge in [-0.15, -0.1) is 0 Å². The van der Waals surface area contributed by atoms with E-state index < -0.39 is 9.84 Å². The third kappa shape index (κ3) is 3.82. The molecular formula is C19H24N2O4S. The summed E-state index contributed by atoms with van der Waals surface area (Å²) in [6.07, 6.45) is 1.01. The summed E-state index contributed by atoms with van der Waals surface area (Å²) in [5.41, 5.74) is 3.36. The van der Waals surface area contributed by atoms with E-state index in [1.165, 1.54) is 4.90 Å². The third-order valence-corrected chi connectivity index (χ3v) is 6.90. The number of carbonyl (C=O) groups excluding carboxylic acids is 1. The molecule has 140 valence electrons. The van der Waals surface area contributed by atoms with Crippen molar-refractivity contribution in [3.8, 4) is 0 Å². The van der Waals surface area contributed by atoms with E-state index in [9.17, 15) is 18.0 Å². The van der Waals surface area contributed by atoms with Gasteiger partial charge in [-0.25, -0.2) is 8.42 Å². The molecule has 3 rings (SSSR count). The monoisotopic (exact) mass is 376 g/mol. The number of aromatic nitrogens is 1. The number of fused-ring (bicyclic) bond motifs is 1. The SMILES string of the molecule is Cc1cc(C)c2cc(CCC(=O)N(C)C3CCS(=O)(=O)C3)c(=O)[nH]c2c1. The molecule has 1 atom stereocenters. The number of benzene rings is 1. The number of amides is 1. The molecule has 6 nitrogen and oxygen atoms in total. The molecule has 1 aliphatic heterocycles. The van der Waals surface area contributed by atoms with Gasteiger partial charge >= 0.3 is 0 Å². The van der Waals surface area contributed by atoms with Crippen molar-refractivity contribution < 1.29 is 13.2 Å². The Bertz CT molecular complexity index is 1020. The predicted molar refractivity (Wildman–Crippen MR) is 102 cm³/mol. The normalized spacial score (nSPS) is 19.0. The smallest absolute Gasteiger partial charge is 0.251 e. The van der Waals surface area contributed by atoms with Crippen LogP contribution >= 0.6 is 0 Å². The number of sulfone groups is 1. The first-order valence-corrected chi connectivity index (χ1v) is 10.6. The van der Waals surface area contributed by atoms with E-state index in [4.69, 9.17) is 0 Å². The largest absolute Gasteiger partial charge is 0.342 e. The van der Waals surface area contributed by atoms with Crippen LogP contribution in [0.5, 0.6) is 0 Å². The number of hydrogen-bond acceptors (Lipinski definition) is 4. The first kappa shape index (κ1) is 18.6. The molecule has 0 radical (unpaired) electrons. The number of carbonyl (C=O) groups is 1. The van der Waals surface area contributed by atoms with Crippen LogP contribution in [0.3, 0.4) is 0 Å². The van der Waals surface area contributed by atoms with Gasteiger partial charge < -0.3 is 9.88 Å². The molecule has 26 heavy (non-hydrogen) atoms. The fourth-order valence-corrected chi connectivity index (χ4v) is 5.38. The molecular weight excluding hydrogens is 352 g/mol. The van der Waals surface area contributed by atoms with Gasteiger partial charge in [-0.3, -0.25) is 9.59 Å². The van der Waals surface area contributed by atoms with Crippen LogP contribution in [0.1, 0.15) is 29.5 Å². The molecule has 0 saturated carbocycles. The van der Waals surface area contributed by atoms with Gasteiger partial charge in [-0.1, -0.05) is 6.07 Å². The van der Waals surface area contributed by atoms with Crippen LogP contribution in [0, 0.1) is 13.8 Å². The summed E-state index contributed by atoms with van der Waals surface area (Å²) in [5, 5.41) is 0.980. The van der Waals surface area contributed by atoms with Crippen molar-refractivity contribution in [3.63, 3.8) is 0 Å². The molecule has 0 aliphatic carbocycles. The predicted octanol–water partition coefficient (Wildman–Crippen LogP) is 1.72. The minimum atomic E-state index is -3.03. The van der Waals surface area contributed by atoms with Crippen LogP contribution in [-0.4, -0.2) is 48.8 Å². The summed E-state index contributed by atoms with van der Waals surface area (Å²) in [6.45, 7) is 3.98. The maximum atomic E-state index is 12.4. The molecule has 2 heterocycles. The summed E-state index contributed by atoms with van der Waals surface area (Å²) in [5.74, 6) is 0.0371. The van der Waals surface area contributed by atoms with Gasteiger partial charge in [-0.05, 0) is 49.9 Å². The molecule has 1 unspecified atom stereocenters. The highest BCUT2D eigenvalue weighted by atomic mass is 32.2. The van der Waals surface area contributed by atoms with Gasteiger partial charge in [0.25, 0.3) is 5.56 Å². The van der Waals surface area contributed by atoms with E-state index in [-0.39, 0.29) is 35.4 Å². The minimum Gasteiger partial charge on any atom is -0.342 e. The maximum Gasteiger partial charge on any atom is 0.251 e. The Morgan fingerprint density at radius 3 is 2.65 bits per heavy atom. The fourth-order valence-electron chi connectivity index (χ4n) is 3.60. The Morgan fingerprint density at radius 1 is 1.27 bits per heavy atom. The lowest BCUT2D eigenvalue weighted by molar-refractivity contribution is -0.131. The van der Waals surface area contributed by atoms with Crippen LogP contribution in [0.4, 0.5) is 0 Å². The number of pyridine rings is 1. The highest BCUT2D eigenvalue weighted by molar-refractivity contribution is 7.91. The fraction of sp³-hybridized carbons (Fsp3) is 0.474. The summed E-state index contributed by atoms with van der Waals surface area (Å²) in [7, 11) is -1.39. The zero-order valence-corrected chi connectivity index (χ0v) is 16.1. The third-order valence-electron chi connectivity index (χ3n) is 5.15. The molecule has 1 aliphatic rings. The lowest BCUT2D eigenvalue weighted by Crippen LogP contribution is -2.38. The highest BCUT2D eigenvalue weighted by Crippen LogP contribution is 2.20. The average molecular weight is 376 g/mol. The van der Waals surface area contributed by atoms with Crippen molar-refractivity contribution in [1.29, 1.82) is 0 Å². The molecule has 0 spiro atoms. The molecule has 7 heteroatoms. The molecule has 1 N–H and O–H groups in total. The quantitative estimate of drug-likeness (QED) is 0.880. The average Bonchev–Trinajstić information content (AvgIpc) is 2.92. The van der Waals surface area contributed by atoms with Crippen molar-refractivity contribution in [1.82, 2.24) is 9.88 Å². The first-order chi connectivity index (χ1) is 12.2. The standard InChI is InChI=1S/C19H24N2O4S/c1-12-8-13(2)16-10-14(19(23)20-17(16)9-12)4-5-18(22)21(3)15-6-7-26(24,25)11-15/h8-10,15H,4-7,11H2,1-3H3,(H,20,23). The van der Waals surface area contributed by atoms with E-state index in [0.717, 1.165) is 22.0 Å². The van der Waals surface area contributed by atoms with E-state index in [1.54, 1.807) is 7.05 Å². The van der Waals surface area contributed by atoms with Crippen molar-refractivity contribution in [2.75, 3.05) is 18.6 Å². The van der Waals surface area contributed by atoms with Crippen molar-refractivity contribution >= 4 is 26.6 Å². The number of H-pyrrole nitrogens is 1. The first-order valence-electron chi connectivity index (χ1n) is 8.75. The molecule has 1 amide bonds. The number of aromatic amines is 1. The van der Waals surface area contributed by atoms with Crippen LogP contribution in [-0.2, 0) is 21.1 Å². The molecule has 2 aromatic rings. The van der Waals surface area contributed by atoms with Gasteiger partial charge in [0.2, 0.25) is 5.91 Å². The second-order valence-corrected chi connectivity index (χ2v) is 9.46. The van der Waals surface area contributed by atoms with Gasteiger partial charge in [0, 0.05) is 36.0 Å². The zero-order chi connectivity index (χ0) is 19.1. The Hall–Kier alpha value is -2.15. The minimum absolute atomic E-state index is 0.0321. The molecule has 1 aromatic heterocycles. The number of aryl methyl sites for hydroxylation is 3.